The van der Waals surface area contributed by atoms with Gasteiger partial charge < -0.3 is 30.6 Å². The molecule has 1 amide bonds. The molecule has 0 radical (unpaired) electrons. The standard InChI is InChI=1S/C27H33N7O3/c1-18-9-8-10-20(23(18)36)24(37)29-21-12-11-19(17-22(21)35)28-25-30-26(33-13-4-2-5-14-33)32-27(31-25)34-15-6-3-7-16-34/h8-12,17,35-36H,2-7,13-16H2,1H3,(H,29,37)(H,28,30,31,32). The second kappa shape index (κ2) is 10.9. The number of anilines is 5. The minimum Gasteiger partial charge on any atom is -0.507 e. The van der Waals surface area contributed by atoms with Crippen LogP contribution in [0, 0.1) is 6.92 Å². The van der Waals surface area contributed by atoms with E-state index in [2.05, 4.69) is 20.4 Å². The SMILES string of the molecule is Cc1cccc(C(=O)Nc2ccc(Nc3nc(N4CCCCC4)nc(N4CCCCC4)n3)cc2O)c1O. The van der Waals surface area contributed by atoms with E-state index in [4.69, 9.17) is 15.0 Å². The van der Waals surface area contributed by atoms with Crippen LogP contribution in [0.1, 0.15) is 54.4 Å². The number of rotatable bonds is 6. The lowest BCUT2D eigenvalue weighted by atomic mass is 10.1. The Morgan fingerprint density at radius 2 is 1.46 bits per heavy atom. The molecule has 1 aromatic heterocycles. The summed E-state index contributed by atoms with van der Waals surface area (Å²) in [6.07, 6.45) is 6.92. The number of aromatic nitrogens is 3. The van der Waals surface area contributed by atoms with E-state index in [0.717, 1.165) is 51.9 Å². The molecule has 4 N–H and O–H groups in total. The Labute approximate surface area is 216 Å². The predicted octanol–water partition coefficient (Wildman–Crippen LogP) is 4.57. The molecule has 2 aliphatic heterocycles. The van der Waals surface area contributed by atoms with Gasteiger partial charge in [-0.25, -0.2) is 0 Å². The molecule has 0 unspecified atom stereocenters. The fraction of sp³-hybridized carbons (Fsp3) is 0.407. The van der Waals surface area contributed by atoms with E-state index in [0.29, 0.717) is 29.1 Å². The highest BCUT2D eigenvalue weighted by molar-refractivity contribution is 6.07. The summed E-state index contributed by atoms with van der Waals surface area (Å²) in [4.78, 5) is 31.3. The molecule has 3 aromatic rings. The van der Waals surface area contributed by atoms with Crippen molar-refractivity contribution in [2.75, 3.05) is 46.6 Å². The number of para-hydroxylation sites is 1. The number of phenolic OH excluding ortho intramolecular Hbond substituents is 2. The summed E-state index contributed by atoms with van der Waals surface area (Å²) in [5.41, 5.74) is 1.55. The Morgan fingerprint density at radius 3 is 2.05 bits per heavy atom. The first kappa shape index (κ1) is 24.6. The zero-order valence-corrected chi connectivity index (χ0v) is 21.1. The minimum absolute atomic E-state index is 0.0818. The highest BCUT2D eigenvalue weighted by Crippen LogP contribution is 2.31. The van der Waals surface area contributed by atoms with Gasteiger partial charge in [0, 0.05) is 37.9 Å². The lowest BCUT2D eigenvalue weighted by Gasteiger charge is -2.30. The molecule has 37 heavy (non-hydrogen) atoms. The van der Waals surface area contributed by atoms with Gasteiger partial charge >= 0.3 is 0 Å². The summed E-state index contributed by atoms with van der Waals surface area (Å²) in [5.74, 6) is 1.05. The summed E-state index contributed by atoms with van der Waals surface area (Å²) in [5, 5.41) is 26.7. The second-order valence-electron chi connectivity index (χ2n) is 9.64. The van der Waals surface area contributed by atoms with Crippen LogP contribution in [0.25, 0.3) is 0 Å². The largest absolute Gasteiger partial charge is 0.507 e. The molecule has 2 aromatic carbocycles. The predicted molar refractivity (Wildman–Crippen MR) is 144 cm³/mol. The molecule has 0 spiro atoms. The monoisotopic (exact) mass is 503 g/mol. The molecule has 10 nitrogen and oxygen atoms in total. The Balaban J connectivity index is 1.36. The number of hydrogen-bond acceptors (Lipinski definition) is 9. The average molecular weight is 504 g/mol. The van der Waals surface area contributed by atoms with Gasteiger partial charge in [0.25, 0.3) is 5.91 Å². The fourth-order valence-electron chi connectivity index (χ4n) is 4.76. The Morgan fingerprint density at radius 1 is 0.838 bits per heavy atom. The lowest BCUT2D eigenvalue weighted by Crippen LogP contribution is -2.34. The number of nitrogens with one attached hydrogen (secondary N) is 2. The molecule has 194 valence electrons. The fourth-order valence-corrected chi connectivity index (χ4v) is 4.76. The lowest BCUT2D eigenvalue weighted by molar-refractivity contribution is 0.102. The van der Waals surface area contributed by atoms with E-state index in [1.54, 1.807) is 31.2 Å². The quantitative estimate of drug-likeness (QED) is 0.358. The van der Waals surface area contributed by atoms with Crippen LogP contribution >= 0.6 is 0 Å². The summed E-state index contributed by atoms with van der Waals surface area (Å²) in [6, 6.07) is 9.79. The molecule has 2 saturated heterocycles. The van der Waals surface area contributed by atoms with Crippen LogP contribution in [-0.4, -0.2) is 57.3 Å². The number of piperidine rings is 2. The number of aryl methyl sites for hydroxylation is 1. The van der Waals surface area contributed by atoms with Crippen molar-refractivity contribution < 1.29 is 15.0 Å². The number of hydrogen-bond donors (Lipinski definition) is 4. The van der Waals surface area contributed by atoms with Gasteiger partial charge in [-0.3, -0.25) is 4.79 Å². The van der Waals surface area contributed by atoms with E-state index >= 15 is 0 Å². The van der Waals surface area contributed by atoms with Crippen molar-refractivity contribution in [1.82, 2.24) is 15.0 Å². The molecule has 3 heterocycles. The van der Waals surface area contributed by atoms with Crippen molar-refractivity contribution in [3.63, 3.8) is 0 Å². The third kappa shape index (κ3) is 5.68. The molecule has 5 rings (SSSR count). The Bertz CT molecular complexity index is 1230. The number of phenols is 2. The maximum atomic E-state index is 12.7. The van der Waals surface area contributed by atoms with Crippen LogP contribution in [0.3, 0.4) is 0 Å². The van der Waals surface area contributed by atoms with Crippen LogP contribution in [0.2, 0.25) is 0 Å². The van der Waals surface area contributed by atoms with E-state index < -0.39 is 5.91 Å². The third-order valence-corrected chi connectivity index (χ3v) is 6.87. The smallest absolute Gasteiger partial charge is 0.259 e. The molecular formula is C27H33N7O3. The number of carbonyl (C=O) groups excluding carboxylic acids is 1. The molecule has 10 heteroatoms. The second-order valence-corrected chi connectivity index (χ2v) is 9.64. The normalized spacial score (nSPS) is 15.9. The van der Waals surface area contributed by atoms with Gasteiger partial charge in [0.15, 0.2) is 0 Å². The van der Waals surface area contributed by atoms with Gasteiger partial charge in [0.05, 0.1) is 11.3 Å². The average Bonchev–Trinajstić information content (AvgIpc) is 2.92. The van der Waals surface area contributed by atoms with Crippen molar-refractivity contribution in [3.05, 3.63) is 47.5 Å². The maximum Gasteiger partial charge on any atom is 0.259 e. The van der Waals surface area contributed by atoms with Crippen LogP contribution in [0.4, 0.5) is 29.2 Å². The number of amides is 1. The summed E-state index contributed by atoms with van der Waals surface area (Å²) in [7, 11) is 0. The first-order valence-corrected chi connectivity index (χ1v) is 12.9. The summed E-state index contributed by atoms with van der Waals surface area (Å²) >= 11 is 0. The topological polar surface area (TPSA) is 127 Å². The summed E-state index contributed by atoms with van der Waals surface area (Å²) in [6.45, 7) is 5.42. The third-order valence-electron chi connectivity index (χ3n) is 6.87. The van der Waals surface area contributed by atoms with E-state index in [9.17, 15) is 15.0 Å². The van der Waals surface area contributed by atoms with Crippen LogP contribution < -0.4 is 20.4 Å². The zero-order chi connectivity index (χ0) is 25.8. The van der Waals surface area contributed by atoms with Gasteiger partial charge in [-0.05, 0) is 69.2 Å². The van der Waals surface area contributed by atoms with Crippen LogP contribution in [-0.2, 0) is 0 Å². The first-order chi connectivity index (χ1) is 18.0. The molecular weight excluding hydrogens is 470 g/mol. The number of aromatic hydroxyl groups is 2. The number of nitrogens with zero attached hydrogens (tertiary/aromatic N) is 5. The van der Waals surface area contributed by atoms with Crippen LogP contribution in [0.15, 0.2) is 36.4 Å². The molecule has 0 aliphatic carbocycles. The van der Waals surface area contributed by atoms with Gasteiger partial charge in [-0.2, -0.15) is 15.0 Å². The molecule has 0 atom stereocenters. The molecule has 2 aliphatic rings. The molecule has 2 fully saturated rings. The van der Waals surface area contributed by atoms with Crippen molar-refractivity contribution in [1.29, 1.82) is 0 Å². The highest BCUT2D eigenvalue weighted by Gasteiger charge is 2.21. The number of benzene rings is 2. The highest BCUT2D eigenvalue weighted by atomic mass is 16.3. The van der Waals surface area contributed by atoms with Gasteiger partial charge in [-0.15, -0.1) is 0 Å². The zero-order valence-electron chi connectivity index (χ0n) is 21.1. The van der Waals surface area contributed by atoms with Gasteiger partial charge in [0.2, 0.25) is 17.8 Å². The molecule has 0 bridgehead atoms. The maximum absolute atomic E-state index is 12.7. The minimum atomic E-state index is -0.507. The Hall–Kier alpha value is -4.08. The Kier molecular flexibility index (Phi) is 7.25. The van der Waals surface area contributed by atoms with Crippen molar-refractivity contribution in [3.8, 4) is 11.5 Å². The van der Waals surface area contributed by atoms with E-state index in [1.807, 2.05) is 0 Å². The summed E-state index contributed by atoms with van der Waals surface area (Å²) < 4.78 is 0. The van der Waals surface area contributed by atoms with E-state index in [-0.39, 0.29) is 22.7 Å². The van der Waals surface area contributed by atoms with Gasteiger partial charge in [0.1, 0.15) is 11.5 Å². The van der Waals surface area contributed by atoms with Gasteiger partial charge in [-0.1, -0.05) is 12.1 Å². The number of carbonyl (C=O) groups is 1. The first-order valence-electron chi connectivity index (χ1n) is 12.9. The van der Waals surface area contributed by atoms with Crippen molar-refractivity contribution in [2.24, 2.45) is 0 Å². The van der Waals surface area contributed by atoms with Crippen molar-refractivity contribution >= 4 is 35.1 Å². The van der Waals surface area contributed by atoms with E-state index in [1.165, 1.54) is 25.0 Å². The molecule has 0 saturated carbocycles. The van der Waals surface area contributed by atoms with Crippen LogP contribution in [0.5, 0.6) is 11.5 Å². The van der Waals surface area contributed by atoms with Crippen molar-refractivity contribution in [2.45, 2.75) is 45.4 Å².